The second-order valence-electron chi connectivity index (χ2n) is 7.39. The third-order valence-corrected chi connectivity index (χ3v) is 6.36. The molecule has 1 aliphatic carbocycles. The van der Waals surface area contributed by atoms with Crippen LogP contribution in [0.1, 0.15) is 40.3 Å². The molecule has 1 aliphatic rings. The molecule has 0 saturated heterocycles. The SMILES string of the molecule is Cc1c(C(=O)Nc2ccc(F)cc2F)oc2c1/C(=N/NS(=O)(=O)c1ccc(F)cc1)CCC2. The van der Waals surface area contributed by atoms with E-state index in [-0.39, 0.29) is 16.3 Å². The first-order valence-corrected chi connectivity index (χ1v) is 11.4. The number of carbonyl (C=O) groups excluding carboxylic acids is 1. The first-order chi connectivity index (χ1) is 15.7. The zero-order valence-electron chi connectivity index (χ0n) is 17.3. The van der Waals surface area contributed by atoms with E-state index in [0.29, 0.717) is 47.9 Å². The van der Waals surface area contributed by atoms with Crippen molar-refractivity contribution in [1.82, 2.24) is 4.83 Å². The molecule has 0 atom stereocenters. The van der Waals surface area contributed by atoms with Gasteiger partial charge in [-0.25, -0.2) is 13.2 Å². The highest BCUT2D eigenvalue weighted by Gasteiger charge is 2.29. The Kier molecular flexibility index (Phi) is 5.98. The number of hydrogen-bond acceptors (Lipinski definition) is 5. The number of nitrogens with one attached hydrogen (secondary N) is 2. The van der Waals surface area contributed by atoms with Gasteiger partial charge in [0, 0.05) is 23.6 Å². The summed E-state index contributed by atoms with van der Waals surface area (Å²) in [5.41, 5.74) is 1.06. The number of nitrogens with zero attached hydrogens (tertiary/aromatic N) is 1. The fourth-order valence-electron chi connectivity index (χ4n) is 3.55. The molecular weight excluding hydrogens is 459 g/mol. The van der Waals surface area contributed by atoms with E-state index >= 15 is 0 Å². The van der Waals surface area contributed by atoms with Crippen LogP contribution in [0.2, 0.25) is 0 Å². The molecule has 33 heavy (non-hydrogen) atoms. The Morgan fingerprint density at radius 2 is 1.73 bits per heavy atom. The lowest BCUT2D eigenvalue weighted by Gasteiger charge is -2.14. The van der Waals surface area contributed by atoms with Gasteiger partial charge in [0.25, 0.3) is 15.9 Å². The molecule has 0 radical (unpaired) electrons. The lowest BCUT2D eigenvalue weighted by Crippen LogP contribution is -2.22. The van der Waals surface area contributed by atoms with Gasteiger partial charge in [-0.1, -0.05) is 0 Å². The van der Waals surface area contributed by atoms with Crippen LogP contribution in [0.15, 0.2) is 56.9 Å². The molecule has 2 N–H and O–H groups in total. The zero-order valence-corrected chi connectivity index (χ0v) is 18.1. The molecule has 0 spiro atoms. The van der Waals surface area contributed by atoms with Crippen LogP contribution in [-0.2, 0) is 16.4 Å². The molecule has 4 rings (SSSR count). The number of benzene rings is 2. The molecule has 0 fully saturated rings. The van der Waals surface area contributed by atoms with Gasteiger partial charge in [-0.15, -0.1) is 0 Å². The molecule has 1 heterocycles. The van der Waals surface area contributed by atoms with Gasteiger partial charge in [0.05, 0.1) is 16.3 Å². The average Bonchev–Trinajstić information content (AvgIpc) is 3.12. The van der Waals surface area contributed by atoms with Crippen LogP contribution in [0.3, 0.4) is 0 Å². The standard InChI is InChI=1S/C22H18F3N3O4S/c1-12-20-18(27-28-33(30,31)15-8-5-13(23)6-9-15)3-2-4-19(20)32-21(12)22(29)26-17-10-7-14(24)11-16(17)25/h5-11,28H,2-4H2,1H3,(H,26,29)/b27-18+. The molecule has 0 bridgehead atoms. The molecule has 172 valence electrons. The number of aryl methyl sites for hydroxylation is 1. The van der Waals surface area contributed by atoms with Gasteiger partial charge in [-0.3, -0.25) is 4.79 Å². The number of rotatable bonds is 5. The normalized spacial score (nSPS) is 14.7. The van der Waals surface area contributed by atoms with Gasteiger partial charge in [0.15, 0.2) is 5.76 Å². The Hall–Kier alpha value is -3.60. The molecule has 0 aliphatic heterocycles. The molecular formula is C22H18F3N3O4S. The third-order valence-electron chi connectivity index (χ3n) is 5.14. The number of amides is 1. The monoisotopic (exact) mass is 477 g/mol. The van der Waals surface area contributed by atoms with E-state index in [1.807, 2.05) is 0 Å². The summed E-state index contributed by atoms with van der Waals surface area (Å²) < 4.78 is 70.7. The van der Waals surface area contributed by atoms with Crippen LogP contribution in [0.25, 0.3) is 0 Å². The van der Waals surface area contributed by atoms with Gasteiger partial charge < -0.3 is 9.73 Å². The molecule has 3 aromatic rings. The van der Waals surface area contributed by atoms with E-state index < -0.39 is 33.4 Å². The predicted molar refractivity (Wildman–Crippen MR) is 114 cm³/mol. The number of sulfonamides is 1. The number of fused-ring (bicyclic) bond motifs is 1. The molecule has 1 aromatic heterocycles. The third kappa shape index (κ3) is 4.63. The maximum Gasteiger partial charge on any atom is 0.291 e. The smallest absolute Gasteiger partial charge is 0.291 e. The Bertz CT molecular complexity index is 1370. The number of hydrogen-bond donors (Lipinski definition) is 2. The molecule has 0 unspecified atom stereocenters. The number of anilines is 1. The average molecular weight is 477 g/mol. The maximum absolute atomic E-state index is 13.9. The second kappa shape index (κ2) is 8.74. The van der Waals surface area contributed by atoms with Crippen LogP contribution >= 0.6 is 0 Å². The van der Waals surface area contributed by atoms with E-state index in [1.54, 1.807) is 6.92 Å². The summed E-state index contributed by atoms with van der Waals surface area (Å²) in [5.74, 6) is -2.66. The number of carbonyl (C=O) groups is 1. The summed E-state index contributed by atoms with van der Waals surface area (Å²) in [7, 11) is -4.04. The van der Waals surface area contributed by atoms with Crippen molar-refractivity contribution in [2.45, 2.75) is 31.1 Å². The molecule has 7 nitrogen and oxygen atoms in total. The summed E-state index contributed by atoms with van der Waals surface area (Å²) in [6.45, 7) is 1.60. The Morgan fingerprint density at radius 1 is 1.03 bits per heavy atom. The zero-order chi connectivity index (χ0) is 23.8. The number of halogens is 3. The van der Waals surface area contributed by atoms with Gasteiger partial charge in [0.2, 0.25) is 0 Å². The molecule has 11 heteroatoms. The van der Waals surface area contributed by atoms with Crippen molar-refractivity contribution >= 4 is 27.3 Å². The Balaban J connectivity index is 1.60. The number of hydrazone groups is 1. The highest BCUT2D eigenvalue weighted by atomic mass is 32.2. The van der Waals surface area contributed by atoms with Crippen LogP contribution in [-0.4, -0.2) is 20.0 Å². The Labute approximate surface area is 187 Å². The van der Waals surface area contributed by atoms with E-state index in [2.05, 4.69) is 15.2 Å². The summed E-state index contributed by atoms with van der Waals surface area (Å²) >= 11 is 0. The topological polar surface area (TPSA) is 101 Å². The van der Waals surface area contributed by atoms with Gasteiger partial charge in [-0.05, 0) is 56.2 Å². The second-order valence-corrected chi connectivity index (χ2v) is 9.05. The predicted octanol–water partition coefficient (Wildman–Crippen LogP) is 4.28. The van der Waals surface area contributed by atoms with Crippen LogP contribution < -0.4 is 10.1 Å². The van der Waals surface area contributed by atoms with Gasteiger partial charge in [-0.2, -0.15) is 18.4 Å². The van der Waals surface area contributed by atoms with E-state index in [1.165, 1.54) is 0 Å². The molecule has 0 saturated carbocycles. The largest absolute Gasteiger partial charge is 0.455 e. The van der Waals surface area contributed by atoms with Crippen LogP contribution in [0.5, 0.6) is 0 Å². The van der Waals surface area contributed by atoms with Crippen molar-refractivity contribution in [1.29, 1.82) is 0 Å². The van der Waals surface area contributed by atoms with Crippen molar-refractivity contribution in [3.05, 3.63) is 82.6 Å². The van der Waals surface area contributed by atoms with Gasteiger partial charge in [0.1, 0.15) is 23.2 Å². The van der Waals surface area contributed by atoms with E-state index in [4.69, 9.17) is 4.42 Å². The summed E-state index contributed by atoms with van der Waals surface area (Å²) in [4.78, 5) is 14.7. The van der Waals surface area contributed by atoms with Crippen LogP contribution in [0.4, 0.5) is 18.9 Å². The van der Waals surface area contributed by atoms with Crippen molar-refractivity contribution in [2.75, 3.05) is 5.32 Å². The van der Waals surface area contributed by atoms with Crippen molar-refractivity contribution in [3.8, 4) is 0 Å². The Morgan fingerprint density at radius 3 is 2.42 bits per heavy atom. The highest BCUT2D eigenvalue weighted by Crippen LogP contribution is 2.30. The van der Waals surface area contributed by atoms with Gasteiger partial charge >= 0.3 is 0 Å². The maximum atomic E-state index is 13.9. The summed E-state index contributed by atoms with van der Waals surface area (Å²) in [5, 5.41) is 6.37. The fourth-order valence-corrected chi connectivity index (χ4v) is 4.38. The fraction of sp³-hybridized carbons (Fsp3) is 0.182. The minimum atomic E-state index is -4.04. The first-order valence-electron chi connectivity index (χ1n) is 9.88. The van der Waals surface area contributed by atoms with Crippen molar-refractivity contribution in [2.24, 2.45) is 5.10 Å². The lowest BCUT2D eigenvalue weighted by molar-refractivity contribution is 0.0993. The van der Waals surface area contributed by atoms with Crippen molar-refractivity contribution in [3.63, 3.8) is 0 Å². The van der Waals surface area contributed by atoms with E-state index in [9.17, 15) is 26.4 Å². The number of furan rings is 1. The van der Waals surface area contributed by atoms with Crippen LogP contribution in [0, 0.1) is 24.4 Å². The highest BCUT2D eigenvalue weighted by molar-refractivity contribution is 7.89. The quantitative estimate of drug-likeness (QED) is 0.536. The summed E-state index contributed by atoms with van der Waals surface area (Å²) in [6, 6.07) is 7.03. The minimum Gasteiger partial charge on any atom is -0.455 e. The molecule has 1 amide bonds. The lowest BCUT2D eigenvalue weighted by atomic mass is 9.93. The minimum absolute atomic E-state index is 0.0836. The summed E-state index contributed by atoms with van der Waals surface area (Å²) in [6.07, 6.45) is 1.52. The first kappa shape index (κ1) is 22.6. The van der Waals surface area contributed by atoms with E-state index in [0.717, 1.165) is 36.4 Å². The molecule has 2 aromatic carbocycles. The van der Waals surface area contributed by atoms with Crippen molar-refractivity contribution < 1.29 is 30.8 Å².